The number of hydrogen-bond donors (Lipinski definition) is 1. The maximum atomic E-state index is 12.5. The Morgan fingerprint density at radius 1 is 0.966 bits per heavy atom. The lowest BCUT2D eigenvalue weighted by molar-refractivity contribution is -0.120. The molecule has 1 N–H and O–H groups in total. The Labute approximate surface area is 184 Å². The molecule has 0 aliphatic heterocycles. The van der Waals surface area contributed by atoms with Crippen LogP contribution in [0, 0.1) is 0 Å². The maximum absolute atomic E-state index is 12.5. The molecule has 0 radical (unpaired) electrons. The number of ether oxygens (including phenoxy) is 4. The van der Waals surface area contributed by atoms with Gasteiger partial charge in [0.25, 0.3) is 0 Å². The fourth-order valence-corrected chi connectivity index (χ4v) is 4.17. The fraction of sp³-hybridized carbons (Fsp3) is 0.381. The summed E-state index contributed by atoms with van der Waals surface area (Å²) < 4.78 is 22.1. The monoisotopic (exact) mass is 483 g/mol. The molecule has 0 saturated heterocycles. The molecule has 2 aromatic rings. The summed E-state index contributed by atoms with van der Waals surface area (Å²) in [4.78, 5) is 12.5. The van der Waals surface area contributed by atoms with E-state index >= 15 is 0 Å². The van der Waals surface area contributed by atoms with Gasteiger partial charge in [0, 0.05) is 16.8 Å². The molecule has 1 atom stereocenters. The quantitative estimate of drug-likeness (QED) is 0.539. The van der Waals surface area contributed by atoms with E-state index in [1.807, 2.05) is 37.3 Å². The van der Waals surface area contributed by atoms with Crippen molar-refractivity contribution >= 4 is 33.6 Å². The van der Waals surface area contributed by atoms with Gasteiger partial charge < -0.3 is 24.3 Å². The summed E-state index contributed by atoms with van der Waals surface area (Å²) in [6.45, 7) is 2.31. The number of nitrogens with one attached hydrogen (secondary N) is 1. The van der Waals surface area contributed by atoms with Crippen molar-refractivity contribution in [3.8, 4) is 23.0 Å². The topological polar surface area (TPSA) is 66.0 Å². The van der Waals surface area contributed by atoms with Crippen molar-refractivity contribution in [1.82, 2.24) is 5.32 Å². The molecule has 8 heteroatoms. The van der Waals surface area contributed by atoms with Crippen molar-refractivity contribution in [1.29, 1.82) is 0 Å². The minimum Gasteiger partial charge on any atom is -0.493 e. The molecule has 29 heavy (non-hydrogen) atoms. The predicted octanol–water partition coefficient (Wildman–Crippen LogP) is 4.42. The molecule has 0 aromatic heterocycles. The SMILES string of the molecule is COc1ccc(CNC(=O)[C@@H](C)SCc2cc(OC)c(OC)cc2Br)cc1OC. The van der Waals surface area contributed by atoms with Gasteiger partial charge in [-0.2, -0.15) is 0 Å². The van der Waals surface area contributed by atoms with Gasteiger partial charge >= 0.3 is 0 Å². The van der Waals surface area contributed by atoms with Crippen LogP contribution >= 0.6 is 27.7 Å². The summed E-state index contributed by atoms with van der Waals surface area (Å²) in [6.07, 6.45) is 0. The molecule has 6 nitrogen and oxygen atoms in total. The molecule has 0 spiro atoms. The highest BCUT2D eigenvalue weighted by atomic mass is 79.9. The summed E-state index contributed by atoms with van der Waals surface area (Å²) in [7, 11) is 6.39. The third-order valence-electron chi connectivity index (χ3n) is 4.33. The van der Waals surface area contributed by atoms with Crippen molar-refractivity contribution < 1.29 is 23.7 Å². The highest BCUT2D eigenvalue weighted by Gasteiger charge is 2.16. The standard InChI is InChI=1S/C21H26BrNO5S/c1-13(29-12-15-9-19(27-4)20(28-5)10-16(15)22)21(24)23-11-14-6-7-17(25-2)18(8-14)26-3/h6-10,13H,11-12H2,1-5H3,(H,23,24)/t13-/m1/s1. The first kappa shape index (κ1) is 23.2. The fourth-order valence-electron chi connectivity index (χ4n) is 2.62. The van der Waals surface area contributed by atoms with Gasteiger partial charge in [-0.1, -0.05) is 22.0 Å². The van der Waals surface area contributed by atoms with Gasteiger partial charge in [-0.05, 0) is 42.3 Å². The molecule has 0 saturated carbocycles. The number of thioether (sulfide) groups is 1. The number of amides is 1. The highest BCUT2D eigenvalue weighted by molar-refractivity contribution is 9.10. The Hall–Kier alpha value is -2.06. The molecular weight excluding hydrogens is 458 g/mol. The first-order chi connectivity index (χ1) is 13.9. The number of methoxy groups -OCH3 is 4. The minimum absolute atomic E-state index is 0.0265. The van der Waals surface area contributed by atoms with Crippen LogP contribution < -0.4 is 24.3 Å². The van der Waals surface area contributed by atoms with Gasteiger partial charge in [0.1, 0.15) is 0 Å². The smallest absolute Gasteiger partial charge is 0.233 e. The summed E-state index contributed by atoms with van der Waals surface area (Å²) in [6, 6.07) is 9.38. The molecular formula is C21H26BrNO5S. The average molecular weight is 484 g/mol. The Balaban J connectivity index is 1.93. The van der Waals surface area contributed by atoms with Crippen molar-refractivity contribution in [2.45, 2.75) is 24.5 Å². The van der Waals surface area contributed by atoms with Crippen LogP contribution in [0.25, 0.3) is 0 Å². The Morgan fingerprint density at radius 3 is 2.17 bits per heavy atom. The second kappa shape index (κ2) is 11.2. The van der Waals surface area contributed by atoms with Crippen LogP contribution in [0.5, 0.6) is 23.0 Å². The number of carbonyl (C=O) groups excluding carboxylic acids is 1. The second-order valence-electron chi connectivity index (χ2n) is 6.16. The number of hydrogen-bond acceptors (Lipinski definition) is 6. The zero-order valence-corrected chi connectivity index (χ0v) is 19.6. The number of halogens is 1. The third kappa shape index (κ3) is 6.21. The molecule has 0 bridgehead atoms. The normalized spacial score (nSPS) is 11.5. The van der Waals surface area contributed by atoms with Crippen LogP contribution in [0.15, 0.2) is 34.8 Å². The zero-order valence-electron chi connectivity index (χ0n) is 17.2. The number of benzene rings is 2. The molecule has 0 fully saturated rings. The Kier molecular flexibility index (Phi) is 8.98. The van der Waals surface area contributed by atoms with Gasteiger partial charge in [0.15, 0.2) is 23.0 Å². The molecule has 0 unspecified atom stereocenters. The van der Waals surface area contributed by atoms with Crippen molar-refractivity contribution in [2.75, 3.05) is 28.4 Å². The predicted molar refractivity (Wildman–Crippen MR) is 119 cm³/mol. The van der Waals surface area contributed by atoms with Crippen LogP contribution in [0.3, 0.4) is 0 Å². The summed E-state index contributed by atoms with van der Waals surface area (Å²) in [5.74, 6) is 3.25. The highest BCUT2D eigenvalue weighted by Crippen LogP contribution is 2.35. The zero-order chi connectivity index (χ0) is 21.4. The average Bonchev–Trinajstić information content (AvgIpc) is 2.75. The number of carbonyl (C=O) groups is 1. The lowest BCUT2D eigenvalue weighted by atomic mass is 10.2. The first-order valence-electron chi connectivity index (χ1n) is 8.94. The van der Waals surface area contributed by atoms with Gasteiger partial charge in [0.05, 0.1) is 33.7 Å². The Morgan fingerprint density at radius 2 is 1.55 bits per heavy atom. The molecule has 2 rings (SSSR count). The van der Waals surface area contributed by atoms with Crippen molar-refractivity contribution in [3.63, 3.8) is 0 Å². The van der Waals surface area contributed by atoms with Crippen molar-refractivity contribution in [3.05, 3.63) is 45.9 Å². The van der Waals surface area contributed by atoms with E-state index in [2.05, 4.69) is 21.2 Å². The van der Waals surface area contributed by atoms with Gasteiger partial charge in [0.2, 0.25) is 5.91 Å². The van der Waals surface area contributed by atoms with Gasteiger partial charge in [-0.25, -0.2) is 0 Å². The minimum atomic E-state index is -0.213. The third-order valence-corrected chi connectivity index (χ3v) is 6.26. The molecule has 0 heterocycles. The van der Waals surface area contributed by atoms with Crippen molar-refractivity contribution in [2.24, 2.45) is 0 Å². The largest absolute Gasteiger partial charge is 0.493 e. The Bertz CT molecular complexity index is 846. The van der Waals surface area contributed by atoms with Gasteiger partial charge in [-0.3, -0.25) is 4.79 Å². The van der Waals surface area contributed by atoms with E-state index in [4.69, 9.17) is 18.9 Å². The second-order valence-corrected chi connectivity index (χ2v) is 8.34. The van der Waals surface area contributed by atoms with E-state index in [0.717, 1.165) is 15.6 Å². The van der Waals surface area contributed by atoms with E-state index in [-0.39, 0.29) is 11.2 Å². The van der Waals surface area contributed by atoms with E-state index in [9.17, 15) is 4.79 Å². The molecule has 0 aliphatic carbocycles. The molecule has 158 valence electrons. The maximum Gasteiger partial charge on any atom is 0.233 e. The summed E-state index contributed by atoms with van der Waals surface area (Å²) in [5.41, 5.74) is 1.98. The molecule has 1 amide bonds. The number of rotatable bonds is 10. The lowest BCUT2D eigenvalue weighted by Crippen LogP contribution is -2.30. The van der Waals surface area contributed by atoms with Crippen LogP contribution in [0.4, 0.5) is 0 Å². The van der Waals surface area contributed by atoms with E-state index in [0.29, 0.717) is 35.3 Å². The summed E-state index contributed by atoms with van der Waals surface area (Å²) in [5, 5.41) is 2.75. The van der Waals surface area contributed by atoms with Crippen LogP contribution in [0.1, 0.15) is 18.1 Å². The van der Waals surface area contributed by atoms with Crippen LogP contribution in [0.2, 0.25) is 0 Å². The molecule has 2 aromatic carbocycles. The summed E-state index contributed by atoms with van der Waals surface area (Å²) >= 11 is 5.10. The van der Waals surface area contributed by atoms with Crippen LogP contribution in [-0.4, -0.2) is 39.6 Å². The lowest BCUT2D eigenvalue weighted by Gasteiger charge is -2.15. The van der Waals surface area contributed by atoms with E-state index in [1.54, 1.807) is 40.2 Å². The van der Waals surface area contributed by atoms with Gasteiger partial charge in [-0.15, -0.1) is 11.8 Å². The van der Waals surface area contributed by atoms with E-state index < -0.39 is 0 Å². The van der Waals surface area contributed by atoms with Crippen LogP contribution in [-0.2, 0) is 17.1 Å². The molecule has 0 aliphatic rings. The van der Waals surface area contributed by atoms with E-state index in [1.165, 1.54) is 0 Å². The first-order valence-corrected chi connectivity index (χ1v) is 10.8.